The van der Waals surface area contributed by atoms with E-state index in [1.807, 2.05) is 36.4 Å². The zero-order valence-corrected chi connectivity index (χ0v) is 13.7. The molecule has 0 aliphatic heterocycles. The lowest BCUT2D eigenvalue weighted by Gasteiger charge is -2.16. The van der Waals surface area contributed by atoms with Gasteiger partial charge < -0.3 is 10.1 Å². The predicted molar refractivity (Wildman–Crippen MR) is 93.6 cm³/mol. The van der Waals surface area contributed by atoms with Crippen LogP contribution < -0.4 is 10.1 Å². The Hall–Kier alpha value is -2.73. The highest BCUT2D eigenvalue weighted by Crippen LogP contribution is 2.21. The molecule has 1 amide bonds. The number of hydrogen-bond acceptors (Lipinski definition) is 2. The second-order valence-electron chi connectivity index (χ2n) is 5.70. The molecule has 0 spiro atoms. The van der Waals surface area contributed by atoms with E-state index in [1.165, 1.54) is 5.56 Å². The quantitative estimate of drug-likeness (QED) is 0.841. The summed E-state index contributed by atoms with van der Waals surface area (Å²) in [4.78, 5) is 12.2. The zero-order valence-electron chi connectivity index (χ0n) is 13.7. The molecule has 1 atom stereocenters. The van der Waals surface area contributed by atoms with Crippen LogP contribution in [0.15, 0.2) is 48.5 Å². The molecule has 0 saturated heterocycles. The van der Waals surface area contributed by atoms with Gasteiger partial charge in [-0.3, -0.25) is 4.79 Å². The fourth-order valence-electron chi connectivity index (χ4n) is 2.14. The average molecular weight is 307 g/mol. The van der Waals surface area contributed by atoms with E-state index in [1.54, 1.807) is 19.1 Å². The Morgan fingerprint density at radius 1 is 1.13 bits per heavy atom. The molecular formula is C20H21NO2. The van der Waals surface area contributed by atoms with Crippen LogP contribution in [-0.4, -0.2) is 12.0 Å². The molecule has 1 N–H and O–H groups in total. The highest BCUT2D eigenvalue weighted by Gasteiger charge is 2.15. The van der Waals surface area contributed by atoms with Gasteiger partial charge in [-0.25, -0.2) is 0 Å². The van der Waals surface area contributed by atoms with E-state index in [0.717, 1.165) is 5.56 Å². The first-order valence-electron chi connectivity index (χ1n) is 7.63. The molecule has 0 fully saturated rings. The van der Waals surface area contributed by atoms with Crippen LogP contribution >= 0.6 is 0 Å². The SMILES string of the molecule is C#Cc1cccc(NC(=O)C(C)Oc2cccc(C(C)C)c2)c1. The van der Waals surface area contributed by atoms with Gasteiger partial charge in [0.2, 0.25) is 0 Å². The summed E-state index contributed by atoms with van der Waals surface area (Å²) >= 11 is 0. The van der Waals surface area contributed by atoms with Crippen LogP contribution in [0, 0.1) is 12.3 Å². The third kappa shape index (κ3) is 4.62. The summed E-state index contributed by atoms with van der Waals surface area (Å²) in [5.41, 5.74) is 2.56. The molecule has 0 saturated carbocycles. The minimum atomic E-state index is -0.605. The normalized spacial score (nSPS) is 11.6. The second-order valence-corrected chi connectivity index (χ2v) is 5.70. The van der Waals surface area contributed by atoms with Crippen LogP contribution in [0.1, 0.15) is 37.8 Å². The van der Waals surface area contributed by atoms with Gasteiger partial charge in [0.25, 0.3) is 5.91 Å². The molecule has 118 valence electrons. The fourth-order valence-corrected chi connectivity index (χ4v) is 2.14. The summed E-state index contributed by atoms with van der Waals surface area (Å²) in [6, 6.07) is 15.0. The Kier molecular flexibility index (Phi) is 5.43. The lowest BCUT2D eigenvalue weighted by molar-refractivity contribution is -0.122. The number of carbonyl (C=O) groups excluding carboxylic acids is 1. The van der Waals surface area contributed by atoms with Gasteiger partial charge in [0.1, 0.15) is 5.75 Å². The monoisotopic (exact) mass is 307 g/mol. The Morgan fingerprint density at radius 2 is 1.87 bits per heavy atom. The van der Waals surface area contributed by atoms with Crippen molar-refractivity contribution < 1.29 is 9.53 Å². The largest absolute Gasteiger partial charge is 0.481 e. The van der Waals surface area contributed by atoms with Gasteiger partial charge in [-0.1, -0.05) is 38.0 Å². The number of ether oxygens (including phenoxy) is 1. The molecule has 0 bridgehead atoms. The second kappa shape index (κ2) is 7.51. The molecule has 0 radical (unpaired) electrons. The molecule has 2 aromatic carbocycles. The number of amides is 1. The first kappa shape index (κ1) is 16.6. The van der Waals surface area contributed by atoms with E-state index in [-0.39, 0.29) is 5.91 Å². The van der Waals surface area contributed by atoms with Crippen molar-refractivity contribution in [2.75, 3.05) is 5.32 Å². The van der Waals surface area contributed by atoms with Gasteiger partial charge in [0.15, 0.2) is 6.10 Å². The summed E-state index contributed by atoms with van der Waals surface area (Å²) < 4.78 is 5.74. The molecule has 2 aromatic rings. The maximum absolute atomic E-state index is 12.2. The van der Waals surface area contributed by atoms with Crippen molar-refractivity contribution in [3.63, 3.8) is 0 Å². The number of anilines is 1. The van der Waals surface area contributed by atoms with Crippen LogP contribution in [-0.2, 0) is 4.79 Å². The van der Waals surface area contributed by atoms with E-state index in [2.05, 4.69) is 25.1 Å². The minimum absolute atomic E-state index is 0.214. The van der Waals surface area contributed by atoms with E-state index in [0.29, 0.717) is 17.4 Å². The van der Waals surface area contributed by atoms with E-state index in [9.17, 15) is 4.79 Å². The Morgan fingerprint density at radius 3 is 2.57 bits per heavy atom. The van der Waals surface area contributed by atoms with Crippen molar-refractivity contribution in [3.8, 4) is 18.1 Å². The van der Waals surface area contributed by atoms with Gasteiger partial charge in [0, 0.05) is 11.3 Å². The van der Waals surface area contributed by atoms with E-state index in [4.69, 9.17) is 11.2 Å². The van der Waals surface area contributed by atoms with Crippen molar-refractivity contribution in [2.45, 2.75) is 32.8 Å². The summed E-state index contributed by atoms with van der Waals surface area (Å²) in [6.07, 6.45) is 4.76. The smallest absolute Gasteiger partial charge is 0.265 e. The lowest BCUT2D eigenvalue weighted by Crippen LogP contribution is -2.30. The Labute approximate surface area is 137 Å². The van der Waals surface area contributed by atoms with Gasteiger partial charge >= 0.3 is 0 Å². The molecule has 23 heavy (non-hydrogen) atoms. The van der Waals surface area contributed by atoms with Crippen LogP contribution in [0.3, 0.4) is 0 Å². The minimum Gasteiger partial charge on any atom is -0.481 e. The molecule has 0 aliphatic carbocycles. The number of carbonyl (C=O) groups is 1. The molecule has 0 aliphatic rings. The average Bonchev–Trinajstić information content (AvgIpc) is 2.55. The van der Waals surface area contributed by atoms with Gasteiger partial charge in [-0.15, -0.1) is 6.42 Å². The number of rotatable bonds is 5. The van der Waals surface area contributed by atoms with Crippen molar-refractivity contribution in [3.05, 3.63) is 59.7 Å². The third-order valence-corrected chi connectivity index (χ3v) is 3.50. The number of nitrogens with one attached hydrogen (secondary N) is 1. The van der Waals surface area contributed by atoms with Crippen molar-refractivity contribution in [2.24, 2.45) is 0 Å². The maximum atomic E-state index is 12.2. The number of benzene rings is 2. The highest BCUT2D eigenvalue weighted by molar-refractivity contribution is 5.94. The lowest BCUT2D eigenvalue weighted by atomic mass is 10.0. The first-order chi connectivity index (χ1) is 11.0. The Bertz CT molecular complexity index is 728. The predicted octanol–water partition coefficient (Wildman–Crippen LogP) is 4.20. The van der Waals surface area contributed by atoms with Crippen LogP contribution in [0.5, 0.6) is 5.75 Å². The maximum Gasteiger partial charge on any atom is 0.265 e. The van der Waals surface area contributed by atoms with Gasteiger partial charge in [-0.2, -0.15) is 0 Å². The fraction of sp³-hybridized carbons (Fsp3) is 0.250. The van der Waals surface area contributed by atoms with Crippen molar-refractivity contribution in [1.82, 2.24) is 0 Å². The van der Waals surface area contributed by atoms with Crippen molar-refractivity contribution >= 4 is 11.6 Å². The van der Waals surface area contributed by atoms with Gasteiger partial charge in [-0.05, 0) is 48.7 Å². The number of terminal acetylenes is 1. The summed E-state index contributed by atoms with van der Waals surface area (Å²) in [5.74, 6) is 3.43. The molecule has 0 aromatic heterocycles. The van der Waals surface area contributed by atoms with Crippen LogP contribution in [0.4, 0.5) is 5.69 Å². The first-order valence-corrected chi connectivity index (χ1v) is 7.63. The standard InChI is InChI=1S/C20H21NO2/c1-5-16-8-6-10-18(12-16)21-20(22)15(4)23-19-11-7-9-17(13-19)14(2)3/h1,6-15H,2-4H3,(H,21,22). The molecule has 3 nitrogen and oxygen atoms in total. The highest BCUT2D eigenvalue weighted by atomic mass is 16.5. The van der Waals surface area contributed by atoms with Crippen LogP contribution in [0.2, 0.25) is 0 Å². The number of hydrogen-bond donors (Lipinski definition) is 1. The molecule has 1 unspecified atom stereocenters. The van der Waals surface area contributed by atoms with E-state index < -0.39 is 6.10 Å². The Balaban J connectivity index is 2.02. The summed E-state index contributed by atoms with van der Waals surface area (Å²) in [6.45, 7) is 5.96. The molecule has 3 heteroatoms. The van der Waals surface area contributed by atoms with Gasteiger partial charge in [0.05, 0.1) is 0 Å². The third-order valence-electron chi connectivity index (χ3n) is 3.50. The topological polar surface area (TPSA) is 38.3 Å². The zero-order chi connectivity index (χ0) is 16.8. The molecular weight excluding hydrogens is 286 g/mol. The summed E-state index contributed by atoms with van der Waals surface area (Å²) in [7, 11) is 0. The van der Waals surface area contributed by atoms with Crippen LogP contribution in [0.25, 0.3) is 0 Å². The van der Waals surface area contributed by atoms with E-state index >= 15 is 0 Å². The summed E-state index contributed by atoms with van der Waals surface area (Å²) in [5, 5.41) is 2.81. The van der Waals surface area contributed by atoms with Crippen molar-refractivity contribution in [1.29, 1.82) is 0 Å². The molecule has 2 rings (SSSR count). The molecule has 0 heterocycles.